The molecule has 0 radical (unpaired) electrons. The van der Waals surface area contributed by atoms with Gasteiger partial charge in [-0.2, -0.15) is 0 Å². The molecule has 0 spiro atoms. The van der Waals surface area contributed by atoms with Gasteiger partial charge in [0.1, 0.15) is 0 Å². The molecule has 2 unspecified atom stereocenters. The first-order valence-electron chi connectivity index (χ1n) is 21.5. The molecule has 282 valence electrons. The number of unbranched alkanes of at least 4 members (excludes halogenated alkanes) is 6. The van der Waals surface area contributed by atoms with E-state index in [1.807, 2.05) is 21.5 Å². The number of fused-ring (bicyclic) bond motifs is 8. The van der Waals surface area contributed by atoms with Gasteiger partial charge in [-0.3, -0.25) is 0 Å². The molecule has 4 aromatic rings. The topological polar surface area (TPSA) is 0 Å². The first-order chi connectivity index (χ1) is 25.8. The van der Waals surface area contributed by atoms with Gasteiger partial charge in [-0.1, -0.05) is 0 Å². The number of allylic oxidation sites excluding steroid dienone is 2. The van der Waals surface area contributed by atoms with E-state index in [4.69, 9.17) is 0 Å². The van der Waals surface area contributed by atoms with Crippen molar-refractivity contribution >= 4 is 18.5 Å². The molecule has 0 saturated heterocycles. The van der Waals surface area contributed by atoms with Crippen LogP contribution >= 0.6 is 0 Å². The standard InChI is InChI=1S/C52H66Si.Zr/c1-11-13-15-17-21-41-35-39-23-19-25-45(37-27-31-43(32-28-37)51(3,4)5)47(39)49(41)53(9,10)50-42(22-18-16-14-12-2)36-40-24-20-26-46(48(40)50)38-29-33-44(34-30-38)52(6,7)8;/h19-20,23-36H,11-18,21-22H2,1-10H3;. The average Bonchev–Trinajstić information content (AvgIpc) is 3.65. The summed E-state index contributed by atoms with van der Waals surface area (Å²) in [4.78, 5) is 0. The SMILES string of the molecule is CCCCCCC1=C2c3c(-c4ccc(C(C)(C)C)cc4)cccc3[CH]1[Zr][CH]1C(CCCCCC)=C(c3c(-c4ccc(C(C)(C)C)cc4)cccc31)[Si]2(C)C. The van der Waals surface area contributed by atoms with Crippen LogP contribution in [0.15, 0.2) is 96.1 Å². The molecule has 4 bridgehead atoms. The number of hydrogen-bond acceptors (Lipinski definition) is 0. The summed E-state index contributed by atoms with van der Waals surface area (Å²) in [7, 11) is -2.24. The van der Waals surface area contributed by atoms with Gasteiger partial charge in [-0.15, -0.1) is 0 Å². The van der Waals surface area contributed by atoms with Crippen molar-refractivity contribution in [1.82, 2.24) is 0 Å². The van der Waals surface area contributed by atoms with Gasteiger partial charge in [0.05, 0.1) is 0 Å². The van der Waals surface area contributed by atoms with E-state index in [0.29, 0.717) is 7.25 Å². The Kier molecular flexibility index (Phi) is 11.6. The van der Waals surface area contributed by atoms with Gasteiger partial charge in [-0.25, -0.2) is 0 Å². The Morgan fingerprint density at radius 1 is 0.500 bits per heavy atom. The fourth-order valence-electron chi connectivity index (χ4n) is 10.1. The van der Waals surface area contributed by atoms with E-state index >= 15 is 0 Å². The molecule has 0 fully saturated rings. The van der Waals surface area contributed by atoms with Gasteiger partial charge in [0.2, 0.25) is 0 Å². The van der Waals surface area contributed by atoms with Crippen LogP contribution in [0.5, 0.6) is 0 Å². The minimum atomic E-state index is -2.24. The quantitative estimate of drug-likeness (QED) is 0.0988. The van der Waals surface area contributed by atoms with Crippen LogP contribution in [0, 0.1) is 0 Å². The van der Waals surface area contributed by atoms with Crippen molar-refractivity contribution in [3.8, 4) is 22.3 Å². The molecular weight excluding hydrogens is 744 g/mol. The molecule has 3 aliphatic rings. The Morgan fingerprint density at radius 2 is 0.889 bits per heavy atom. The Bertz CT molecular complexity index is 1890. The van der Waals surface area contributed by atoms with E-state index < -0.39 is 31.3 Å². The van der Waals surface area contributed by atoms with Crippen molar-refractivity contribution in [2.45, 2.75) is 151 Å². The number of benzene rings is 4. The maximum atomic E-state index is 2.78. The van der Waals surface area contributed by atoms with Crippen molar-refractivity contribution in [2.75, 3.05) is 0 Å². The predicted molar refractivity (Wildman–Crippen MR) is 235 cm³/mol. The van der Waals surface area contributed by atoms with Crippen molar-refractivity contribution in [3.63, 3.8) is 0 Å². The zero-order chi connectivity index (χ0) is 38.4. The van der Waals surface area contributed by atoms with Crippen molar-refractivity contribution < 1.29 is 23.2 Å². The number of rotatable bonds is 12. The molecule has 1 aliphatic heterocycles. The second kappa shape index (κ2) is 15.8. The Labute approximate surface area is 342 Å². The Hall–Kier alpha value is -2.54. The fourth-order valence-corrected chi connectivity index (χ4v) is 20.3. The molecule has 0 saturated carbocycles. The average molecular weight is 810 g/mol. The predicted octanol–water partition coefficient (Wildman–Crippen LogP) is 15.8. The van der Waals surface area contributed by atoms with Crippen molar-refractivity contribution in [3.05, 3.63) is 129 Å². The molecule has 7 rings (SSSR count). The van der Waals surface area contributed by atoms with E-state index in [2.05, 4.69) is 153 Å². The first kappa shape index (κ1) is 39.7. The van der Waals surface area contributed by atoms with Crippen LogP contribution in [0.25, 0.3) is 32.6 Å². The fraction of sp³-hybridized carbons (Fsp3) is 0.462. The van der Waals surface area contributed by atoms with Gasteiger partial charge >= 0.3 is 344 Å². The van der Waals surface area contributed by atoms with E-state index in [1.165, 1.54) is 97.6 Å². The molecule has 4 aromatic carbocycles. The summed E-state index contributed by atoms with van der Waals surface area (Å²) in [6.07, 6.45) is 13.3. The summed E-state index contributed by atoms with van der Waals surface area (Å²) in [5.74, 6) is 0. The molecule has 1 heterocycles. The molecular formula is C52H66SiZr. The van der Waals surface area contributed by atoms with Crippen molar-refractivity contribution in [2.24, 2.45) is 0 Å². The van der Waals surface area contributed by atoms with Crippen LogP contribution in [0.1, 0.15) is 160 Å². The molecule has 0 aromatic heterocycles. The van der Waals surface area contributed by atoms with E-state index in [0.717, 1.165) is 0 Å². The Balaban J connectivity index is 1.45. The normalized spacial score (nSPS) is 18.7. The molecule has 2 aliphatic carbocycles. The van der Waals surface area contributed by atoms with Crippen LogP contribution in [-0.2, 0) is 34.1 Å². The van der Waals surface area contributed by atoms with E-state index in [9.17, 15) is 0 Å². The molecule has 54 heavy (non-hydrogen) atoms. The van der Waals surface area contributed by atoms with Crippen LogP contribution in [0.2, 0.25) is 13.1 Å². The zero-order valence-electron chi connectivity index (χ0n) is 35.3. The van der Waals surface area contributed by atoms with Gasteiger partial charge in [0.15, 0.2) is 0 Å². The van der Waals surface area contributed by atoms with Crippen LogP contribution in [0.3, 0.4) is 0 Å². The van der Waals surface area contributed by atoms with E-state index in [1.54, 1.807) is 22.3 Å². The summed E-state index contributed by atoms with van der Waals surface area (Å²) in [5, 5.41) is 3.67. The zero-order valence-corrected chi connectivity index (χ0v) is 38.8. The third-order valence-electron chi connectivity index (χ3n) is 13.0. The van der Waals surface area contributed by atoms with E-state index in [-0.39, 0.29) is 10.8 Å². The molecule has 0 amide bonds. The van der Waals surface area contributed by atoms with Gasteiger partial charge in [0.25, 0.3) is 0 Å². The molecule has 2 heteroatoms. The first-order valence-corrected chi connectivity index (χ1v) is 27.3. The summed E-state index contributed by atoms with van der Waals surface area (Å²) in [5.41, 5.74) is 19.4. The number of hydrogen-bond donors (Lipinski definition) is 0. The molecule has 0 N–H and O–H groups in total. The second-order valence-corrected chi connectivity index (χ2v) is 27.2. The summed E-state index contributed by atoms with van der Waals surface area (Å²) in [6.45, 7) is 24.3. The third kappa shape index (κ3) is 7.38. The van der Waals surface area contributed by atoms with Gasteiger partial charge in [-0.05, 0) is 0 Å². The third-order valence-corrected chi connectivity index (χ3v) is 21.5. The summed E-state index contributed by atoms with van der Waals surface area (Å²) in [6, 6.07) is 34.3. The van der Waals surface area contributed by atoms with Gasteiger partial charge < -0.3 is 0 Å². The van der Waals surface area contributed by atoms with Crippen molar-refractivity contribution in [1.29, 1.82) is 0 Å². The Morgan fingerprint density at radius 3 is 1.24 bits per heavy atom. The summed E-state index contributed by atoms with van der Waals surface area (Å²) < 4.78 is 1.33. The molecule has 0 nitrogen and oxygen atoms in total. The van der Waals surface area contributed by atoms with Crippen LogP contribution < -0.4 is 0 Å². The molecule has 2 atom stereocenters. The monoisotopic (exact) mass is 808 g/mol. The maximum absolute atomic E-state index is 2.78. The second-order valence-electron chi connectivity index (χ2n) is 19.3. The van der Waals surface area contributed by atoms with Crippen LogP contribution in [0.4, 0.5) is 0 Å². The minimum absolute atomic E-state index is 0.150. The van der Waals surface area contributed by atoms with Gasteiger partial charge in [0, 0.05) is 0 Å². The summed E-state index contributed by atoms with van der Waals surface area (Å²) >= 11 is -1.02. The van der Waals surface area contributed by atoms with Crippen LogP contribution in [-0.4, -0.2) is 8.07 Å².